The highest BCUT2D eigenvalue weighted by Gasteiger charge is 1.99. The second-order valence-corrected chi connectivity index (χ2v) is 5.20. The molecule has 19 heavy (non-hydrogen) atoms. The molecule has 2 aromatic carbocycles. The molecule has 1 amide bonds. The topological polar surface area (TPSA) is 41.1 Å². The summed E-state index contributed by atoms with van der Waals surface area (Å²) in [4.78, 5) is 10.9. The van der Waals surface area contributed by atoms with Gasteiger partial charge in [0.2, 0.25) is 5.91 Å². The lowest BCUT2D eigenvalue weighted by Gasteiger charge is -2.09. The van der Waals surface area contributed by atoms with Crippen LogP contribution in [0.25, 0.3) is 0 Å². The Labute approximate surface area is 121 Å². The van der Waals surface area contributed by atoms with E-state index in [-0.39, 0.29) is 5.91 Å². The number of rotatable bonds is 3. The minimum atomic E-state index is -0.0655. The minimum Gasteiger partial charge on any atom is -0.356 e. The van der Waals surface area contributed by atoms with Crippen molar-refractivity contribution in [3.05, 3.63) is 52.5 Å². The maximum atomic E-state index is 10.9. The normalized spacial score (nSPS) is 10.1. The molecule has 0 bridgehead atoms. The number of amides is 1. The van der Waals surface area contributed by atoms with Gasteiger partial charge in [0, 0.05) is 28.5 Å². The molecule has 2 N–H and O–H groups in total. The van der Waals surface area contributed by atoms with Gasteiger partial charge in [-0.15, -0.1) is 0 Å². The van der Waals surface area contributed by atoms with Gasteiger partial charge in [0.1, 0.15) is 0 Å². The molecule has 0 spiro atoms. The molecule has 98 valence electrons. The zero-order valence-electron chi connectivity index (χ0n) is 10.8. The average molecular weight is 319 g/mol. The molecule has 0 saturated heterocycles. The summed E-state index contributed by atoms with van der Waals surface area (Å²) in [5.41, 5.74) is 3.99. The first kappa shape index (κ1) is 13.6. The van der Waals surface area contributed by atoms with Crippen LogP contribution in [-0.4, -0.2) is 5.91 Å². The third-order valence-electron chi connectivity index (χ3n) is 2.65. The van der Waals surface area contributed by atoms with E-state index in [2.05, 4.69) is 39.6 Å². The van der Waals surface area contributed by atoms with E-state index in [1.165, 1.54) is 12.5 Å². The lowest BCUT2D eigenvalue weighted by Crippen LogP contribution is -2.05. The van der Waals surface area contributed by atoms with E-state index in [0.717, 1.165) is 21.5 Å². The van der Waals surface area contributed by atoms with Crippen LogP contribution in [0.3, 0.4) is 0 Å². The lowest BCUT2D eigenvalue weighted by molar-refractivity contribution is -0.114. The largest absolute Gasteiger partial charge is 0.356 e. The summed E-state index contributed by atoms with van der Waals surface area (Å²) < 4.78 is 1.10. The fourth-order valence-corrected chi connectivity index (χ4v) is 1.98. The monoisotopic (exact) mass is 318 g/mol. The van der Waals surface area contributed by atoms with Crippen molar-refractivity contribution >= 4 is 38.9 Å². The number of aryl methyl sites for hydroxylation is 1. The van der Waals surface area contributed by atoms with Gasteiger partial charge in [0.25, 0.3) is 0 Å². The highest BCUT2D eigenvalue weighted by Crippen LogP contribution is 2.23. The molecular formula is C15H15BrN2O. The number of halogens is 1. The SMILES string of the molecule is CC(=O)Nc1ccc(Nc2ccc(Br)c(C)c2)cc1. The van der Waals surface area contributed by atoms with Gasteiger partial charge in [-0.1, -0.05) is 15.9 Å². The van der Waals surface area contributed by atoms with Gasteiger partial charge in [-0.2, -0.15) is 0 Å². The van der Waals surface area contributed by atoms with Crippen molar-refractivity contribution in [3.63, 3.8) is 0 Å². The molecule has 2 aromatic rings. The first-order chi connectivity index (χ1) is 9.04. The van der Waals surface area contributed by atoms with E-state index >= 15 is 0 Å². The Hall–Kier alpha value is -1.81. The highest BCUT2D eigenvalue weighted by atomic mass is 79.9. The predicted molar refractivity (Wildman–Crippen MR) is 82.9 cm³/mol. The second kappa shape index (κ2) is 5.89. The van der Waals surface area contributed by atoms with Crippen molar-refractivity contribution in [2.45, 2.75) is 13.8 Å². The van der Waals surface area contributed by atoms with Crippen LogP contribution < -0.4 is 10.6 Å². The van der Waals surface area contributed by atoms with Crippen LogP contribution in [0, 0.1) is 6.92 Å². The second-order valence-electron chi connectivity index (χ2n) is 4.35. The number of carbonyl (C=O) groups excluding carboxylic acids is 1. The Bertz CT molecular complexity index is 594. The number of hydrogen-bond donors (Lipinski definition) is 2. The van der Waals surface area contributed by atoms with Crippen molar-refractivity contribution in [3.8, 4) is 0 Å². The zero-order valence-corrected chi connectivity index (χ0v) is 12.4. The fraction of sp³-hybridized carbons (Fsp3) is 0.133. The molecule has 0 fully saturated rings. The maximum absolute atomic E-state index is 10.9. The summed E-state index contributed by atoms with van der Waals surface area (Å²) >= 11 is 3.48. The molecule has 2 rings (SSSR count). The van der Waals surface area contributed by atoms with Gasteiger partial charge >= 0.3 is 0 Å². The minimum absolute atomic E-state index is 0.0655. The van der Waals surface area contributed by atoms with Crippen LogP contribution in [0.2, 0.25) is 0 Å². The van der Waals surface area contributed by atoms with Gasteiger partial charge in [0.05, 0.1) is 0 Å². The number of carbonyl (C=O) groups is 1. The quantitative estimate of drug-likeness (QED) is 0.877. The van der Waals surface area contributed by atoms with Crippen LogP contribution in [0.1, 0.15) is 12.5 Å². The van der Waals surface area contributed by atoms with Gasteiger partial charge in [-0.3, -0.25) is 4.79 Å². The van der Waals surface area contributed by atoms with E-state index < -0.39 is 0 Å². The van der Waals surface area contributed by atoms with E-state index in [4.69, 9.17) is 0 Å². The van der Waals surface area contributed by atoms with E-state index in [1.54, 1.807) is 0 Å². The molecule has 0 heterocycles. The summed E-state index contributed by atoms with van der Waals surface area (Å²) in [5.74, 6) is -0.0655. The summed E-state index contributed by atoms with van der Waals surface area (Å²) in [7, 11) is 0. The Morgan fingerprint density at radius 1 is 1.00 bits per heavy atom. The van der Waals surface area contributed by atoms with Gasteiger partial charge < -0.3 is 10.6 Å². The van der Waals surface area contributed by atoms with Crippen molar-refractivity contribution in [2.75, 3.05) is 10.6 Å². The van der Waals surface area contributed by atoms with Gasteiger partial charge in [-0.25, -0.2) is 0 Å². The number of benzene rings is 2. The van der Waals surface area contributed by atoms with Crippen LogP contribution in [0.4, 0.5) is 17.1 Å². The summed E-state index contributed by atoms with van der Waals surface area (Å²) in [6.07, 6.45) is 0. The third-order valence-corrected chi connectivity index (χ3v) is 3.54. The third kappa shape index (κ3) is 3.83. The lowest BCUT2D eigenvalue weighted by atomic mass is 10.2. The van der Waals surface area contributed by atoms with E-state index in [1.807, 2.05) is 36.4 Å². The van der Waals surface area contributed by atoms with Crippen molar-refractivity contribution in [1.29, 1.82) is 0 Å². The molecule has 4 heteroatoms. The molecule has 0 unspecified atom stereocenters. The molecular weight excluding hydrogens is 304 g/mol. The maximum Gasteiger partial charge on any atom is 0.221 e. The first-order valence-electron chi connectivity index (χ1n) is 5.95. The molecule has 0 saturated carbocycles. The molecule has 0 aliphatic rings. The average Bonchev–Trinajstić information content (AvgIpc) is 2.36. The van der Waals surface area contributed by atoms with Crippen molar-refractivity contribution in [1.82, 2.24) is 0 Å². The number of hydrogen-bond acceptors (Lipinski definition) is 2. The van der Waals surface area contributed by atoms with Gasteiger partial charge in [0.15, 0.2) is 0 Å². The van der Waals surface area contributed by atoms with Crippen LogP contribution in [0.15, 0.2) is 46.9 Å². The Kier molecular flexibility index (Phi) is 4.22. The fourth-order valence-electron chi connectivity index (χ4n) is 1.73. The van der Waals surface area contributed by atoms with Crippen LogP contribution >= 0.6 is 15.9 Å². The van der Waals surface area contributed by atoms with Crippen LogP contribution in [-0.2, 0) is 4.79 Å². The van der Waals surface area contributed by atoms with Crippen LogP contribution in [0.5, 0.6) is 0 Å². The van der Waals surface area contributed by atoms with E-state index in [9.17, 15) is 4.79 Å². The molecule has 0 aromatic heterocycles. The zero-order chi connectivity index (χ0) is 13.8. The molecule has 0 atom stereocenters. The van der Waals surface area contributed by atoms with E-state index in [0.29, 0.717) is 0 Å². The van der Waals surface area contributed by atoms with Crippen molar-refractivity contribution in [2.24, 2.45) is 0 Å². The summed E-state index contributed by atoms with van der Waals surface area (Å²) in [6.45, 7) is 3.55. The summed E-state index contributed by atoms with van der Waals surface area (Å²) in [5, 5.41) is 6.06. The van der Waals surface area contributed by atoms with Gasteiger partial charge in [-0.05, 0) is 55.0 Å². The number of nitrogens with one attached hydrogen (secondary N) is 2. The highest BCUT2D eigenvalue weighted by molar-refractivity contribution is 9.10. The number of anilines is 3. The molecule has 0 aliphatic heterocycles. The smallest absolute Gasteiger partial charge is 0.221 e. The molecule has 0 aliphatic carbocycles. The van der Waals surface area contributed by atoms with Crippen molar-refractivity contribution < 1.29 is 4.79 Å². The Morgan fingerprint density at radius 2 is 1.58 bits per heavy atom. The first-order valence-corrected chi connectivity index (χ1v) is 6.75. The molecule has 3 nitrogen and oxygen atoms in total. The Morgan fingerprint density at radius 3 is 2.16 bits per heavy atom. The summed E-state index contributed by atoms with van der Waals surface area (Å²) in [6, 6.07) is 13.7. The molecule has 0 radical (unpaired) electrons. The predicted octanol–water partition coefficient (Wildman–Crippen LogP) is 4.46. The standard InChI is InChI=1S/C15H15BrN2O/c1-10-9-14(7-8-15(10)16)18-13-5-3-12(4-6-13)17-11(2)19/h3-9,18H,1-2H3,(H,17,19). The Balaban J connectivity index is 2.10.